The molecule has 1 aliphatic rings. The first-order valence-electron chi connectivity index (χ1n) is 8.63. The number of thioether (sulfide) groups is 1. The first kappa shape index (κ1) is 19.1. The fourth-order valence-corrected chi connectivity index (χ4v) is 3.59. The lowest BCUT2D eigenvalue weighted by atomic mass is 10.1. The van der Waals surface area contributed by atoms with Gasteiger partial charge in [0.15, 0.2) is 11.0 Å². The molecule has 0 aliphatic carbocycles. The van der Waals surface area contributed by atoms with Crippen molar-refractivity contribution in [2.75, 3.05) is 18.8 Å². The summed E-state index contributed by atoms with van der Waals surface area (Å²) in [5, 5.41) is 11.2. The maximum absolute atomic E-state index is 12.0. The Bertz CT molecular complexity index is 880. The van der Waals surface area contributed by atoms with E-state index in [-0.39, 0.29) is 18.2 Å². The van der Waals surface area contributed by atoms with E-state index in [1.807, 2.05) is 42.8 Å². The molecular formula is C18H21N5O3S. The van der Waals surface area contributed by atoms with Crippen molar-refractivity contribution in [2.24, 2.45) is 7.05 Å². The van der Waals surface area contributed by atoms with Crippen molar-refractivity contribution in [1.29, 1.82) is 0 Å². The Hall–Kier alpha value is -2.68. The molecule has 0 spiro atoms. The second kappa shape index (κ2) is 8.34. The van der Waals surface area contributed by atoms with E-state index < -0.39 is 11.8 Å². The van der Waals surface area contributed by atoms with Gasteiger partial charge in [-0.15, -0.1) is 10.2 Å². The summed E-state index contributed by atoms with van der Waals surface area (Å²) < 4.78 is 1.82. The third kappa shape index (κ3) is 4.73. The van der Waals surface area contributed by atoms with Crippen LogP contribution >= 0.6 is 11.8 Å². The van der Waals surface area contributed by atoms with Gasteiger partial charge in [0.1, 0.15) is 0 Å². The fraction of sp³-hybridized carbons (Fsp3) is 0.389. The van der Waals surface area contributed by atoms with Crippen molar-refractivity contribution < 1.29 is 14.4 Å². The summed E-state index contributed by atoms with van der Waals surface area (Å²) in [5.74, 6) is -0.176. The Kier molecular flexibility index (Phi) is 5.90. The molecule has 0 radical (unpaired) electrons. The topological polar surface area (TPSA) is 97.2 Å². The average molecular weight is 387 g/mol. The van der Waals surface area contributed by atoms with Gasteiger partial charge >= 0.3 is 0 Å². The largest absolute Gasteiger partial charge is 0.333 e. The summed E-state index contributed by atoms with van der Waals surface area (Å²) in [5.41, 5.74) is 2.07. The van der Waals surface area contributed by atoms with Gasteiger partial charge in [0.2, 0.25) is 17.7 Å². The zero-order valence-electron chi connectivity index (χ0n) is 15.3. The molecule has 0 saturated carbocycles. The Morgan fingerprint density at radius 1 is 1.26 bits per heavy atom. The number of nitrogens with zero attached hydrogens (tertiary/aromatic N) is 4. The van der Waals surface area contributed by atoms with Crippen LogP contribution < -0.4 is 5.32 Å². The molecular weight excluding hydrogens is 366 g/mol. The number of hydrogen-bond acceptors (Lipinski definition) is 6. The minimum atomic E-state index is -0.464. The smallest absolute Gasteiger partial charge is 0.246 e. The number of rotatable bonds is 6. The molecule has 1 aliphatic heterocycles. The van der Waals surface area contributed by atoms with Crippen LogP contribution in [0, 0.1) is 6.92 Å². The lowest BCUT2D eigenvalue weighted by Gasteiger charge is -2.14. The number of carbonyl (C=O) groups is 3. The molecule has 3 rings (SSSR count). The van der Waals surface area contributed by atoms with E-state index in [0.29, 0.717) is 23.9 Å². The number of imide groups is 1. The van der Waals surface area contributed by atoms with Crippen LogP contribution in [-0.2, 0) is 21.4 Å². The monoisotopic (exact) mass is 387 g/mol. The van der Waals surface area contributed by atoms with Gasteiger partial charge in [0, 0.05) is 25.6 Å². The highest BCUT2D eigenvalue weighted by molar-refractivity contribution is 7.99. The molecule has 1 aromatic carbocycles. The number of nitrogens with one attached hydrogen (secondary N) is 1. The minimum Gasteiger partial charge on any atom is -0.333 e. The van der Waals surface area contributed by atoms with Gasteiger partial charge in [-0.25, -0.2) is 0 Å². The SMILES string of the molecule is Cc1cccc(-c2nnc(SCC(=O)NC(=O)CN3CCCC3=O)n2C)c1. The van der Waals surface area contributed by atoms with E-state index in [9.17, 15) is 14.4 Å². The first-order valence-corrected chi connectivity index (χ1v) is 9.62. The maximum Gasteiger partial charge on any atom is 0.246 e. The highest BCUT2D eigenvalue weighted by atomic mass is 32.2. The zero-order chi connectivity index (χ0) is 19.4. The number of amides is 3. The summed E-state index contributed by atoms with van der Waals surface area (Å²) in [6.45, 7) is 2.50. The van der Waals surface area contributed by atoms with Gasteiger partial charge in [0.25, 0.3) is 0 Å². The molecule has 2 heterocycles. The van der Waals surface area contributed by atoms with Gasteiger partial charge in [-0.3, -0.25) is 19.7 Å². The molecule has 0 bridgehead atoms. The number of aryl methyl sites for hydroxylation is 1. The van der Waals surface area contributed by atoms with Crippen LogP contribution in [0.1, 0.15) is 18.4 Å². The molecule has 1 aromatic heterocycles. The highest BCUT2D eigenvalue weighted by Gasteiger charge is 2.23. The standard InChI is InChI=1S/C18H21N5O3S/c1-12-5-3-6-13(9-12)17-20-21-18(22(17)2)27-11-15(25)19-14(24)10-23-8-4-7-16(23)26/h3,5-6,9H,4,7-8,10-11H2,1-2H3,(H,19,24,25). The van der Waals surface area contributed by atoms with E-state index in [0.717, 1.165) is 17.5 Å². The summed E-state index contributed by atoms with van der Waals surface area (Å²) in [6, 6.07) is 7.93. The van der Waals surface area contributed by atoms with Crippen molar-refractivity contribution in [3.8, 4) is 11.4 Å². The Morgan fingerprint density at radius 3 is 2.78 bits per heavy atom. The second-order valence-electron chi connectivity index (χ2n) is 6.41. The zero-order valence-corrected chi connectivity index (χ0v) is 16.1. The predicted molar refractivity (Wildman–Crippen MR) is 101 cm³/mol. The van der Waals surface area contributed by atoms with Crippen LogP contribution in [0.2, 0.25) is 0 Å². The van der Waals surface area contributed by atoms with Crippen molar-refractivity contribution in [2.45, 2.75) is 24.9 Å². The molecule has 0 atom stereocenters. The summed E-state index contributed by atoms with van der Waals surface area (Å²) >= 11 is 1.20. The Labute approximate surface area is 161 Å². The fourth-order valence-electron chi connectivity index (χ4n) is 2.88. The molecule has 1 saturated heterocycles. The molecule has 1 fully saturated rings. The molecule has 1 N–H and O–H groups in total. The second-order valence-corrected chi connectivity index (χ2v) is 7.36. The summed E-state index contributed by atoms with van der Waals surface area (Å²) in [4.78, 5) is 36.9. The average Bonchev–Trinajstić information content (AvgIpc) is 3.19. The Balaban J connectivity index is 1.53. The van der Waals surface area contributed by atoms with E-state index in [1.165, 1.54) is 16.7 Å². The summed E-state index contributed by atoms with van der Waals surface area (Å²) in [6.07, 6.45) is 1.22. The van der Waals surface area contributed by atoms with Crippen molar-refractivity contribution in [1.82, 2.24) is 25.0 Å². The third-order valence-electron chi connectivity index (χ3n) is 4.23. The van der Waals surface area contributed by atoms with Crippen molar-refractivity contribution in [3.63, 3.8) is 0 Å². The molecule has 27 heavy (non-hydrogen) atoms. The molecule has 2 aromatic rings. The number of hydrogen-bond donors (Lipinski definition) is 1. The van der Waals surface area contributed by atoms with Crippen LogP contribution in [0.4, 0.5) is 0 Å². The number of likely N-dealkylation sites (tertiary alicyclic amines) is 1. The van der Waals surface area contributed by atoms with Crippen LogP contribution in [0.5, 0.6) is 0 Å². The minimum absolute atomic E-state index is 0.0411. The van der Waals surface area contributed by atoms with Crippen LogP contribution in [-0.4, -0.2) is 56.2 Å². The normalized spacial score (nSPS) is 13.9. The van der Waals surface area contributed by atoms with Gasteiger partial charge in [-0.1, -0.05) is 35.5 Å². The molecule has 142 valence electrons. The van der Waals surface area contributed by atoms with E-state index in [4.69, 9.17) is 0 Å². The van der Waals surface area contributed by atoms with Crippen molar-refractivity contribution in [3.05, 3.63) is 29.8 Å². The van der Waals surface area contributed by atoms with Gasteiger partial charge in [-0.2, -0.15) is 0 Å². The van der Waals surface area contributed by atoms with Crippen molar-refractivity contribution >= 4 is 29.5 Å². The van der Waals surface area contributed by atoms with Gasteiger partial charge < -0.3 is 9.47 Å². The lowest BCUT2D eigenvalue weighted by molar-refractivity contribution is -0.135. The van der Waals surface area contributed by atoms with E-state index in [2.05, 4.69) is 15.5 Å². The van der Waals surface area contributed by atoms with E-state index in [1.54, 1.807) is 0 Å². The quantitative estimate of drug-likeness (QED) is 0.747. The van der Waals surface area contributed by atoms with Gasteiger partial charge in [0.05, 0.1) is 12.3 Å². The number of aromatic nitrogens is 3. The molecule has 0 unspecified atom stereocenters. The first-order chi connectivity index (χ1) is 12.9. The number of carbonyl (C=O) groups excluding carboxylic acids is 3. The van der Waals surface area contributed by atoms with E-state index >= 15 is 0 Å². The highest BCUT2D eigenvalue weighted by Crippen LogP contribution is 2.23. The third-order valence-corrected chi connectivity index (χ3v) is 5.25. The van der Waals surface area contributed by atoms with Gasteiger partial charge in [-0.05, 0) is 19.4 Å². The van der Waals surface area contributed by atoms with Crippen LogP contribution in [0.15, 0.2) is 29.4 Å². The maximum atomic E-state index is 12.0. The Morgan fingerprint density at radius 2 is 2.07 bits per heavy atom. The van der Waals surface area contributed by atoms with Crippen LogP contribution in [0.25, 0.3) is 11.4 Å². The predicted octanol–water partition coefficient (Wildman–Crippen LogP) is 1.15. The summed E-state index contributed by atoms with van der Waals surface area (Å²) in [7, 11) is 1.84. The molecule has 8 nitrogen and oxygen atoms in total. The lowest BCUT2D eigenvalue weighted by Crippen LogP contribution is -2.41. The molecule has 9 heteroatoms. The molecule has 3 amide bonds. The number of benzene rings is 1. The van der Waals surface area contributed by atoms with Crippen LogP contribution in [0.3, 0.4) is 0 Å².